The maximum atomic E-state index is 12.5. The van der Waals surface area contributed by atoms with Gasteiger partial charge in [-0.2, -0.15) is 0 Å². The van der Waals surface area contributed by atoms with Crippen LogP contribution in [-0.2, 0) is 4.74 Å². The van der Waals surface area contributed by atoms with E-state index in [4.69, 9.17) is 9.47 Å². The Balaban J connectivity index is 1.53. The molecule has 154 valence electrons. The van der Waals surface area contributed by atoms with Crippen LogP contribution in [0.4, 0.5) is 5.69 Å². The Hall–Kier alpha value is -2.86. The lowest BCUT2D eigenvalue weighted by molar-refractivity contribution is 0.0303. The number of rotatable bonds is 8. The summed E-state index contributed by atoms with van der Waals surface area (Å²) >= 11 is 0. The SMILES string of the molecule is CCCCCOc1ccc(C(=O)Nc2ccc(C(=O)N3CCOCC3)cc2)cc1. The Bertz CT molecular complexity index is 797. The third kappa shape index (κ3) is 6.06. The molecule has 0 unspecified atom stereocenters. The van der Waals surface area contributed by atoms with Crippen LogP contribution >= 0.6 is 0 Å². The van der Waals surface area contributed by atoms with Crippen LogP contribution in [0.2, 0.25) is 0 Å². The van der Waals surface area contributed by atoms with E-state index in [0.29, 0.717) is 49.7 Å². The van der Waals surface area contributed by atoms with Crippen molar-refractivity contribution in [3.05, 3.63) is 59.7 Å². The molecule has 1 fully saturated rings. The number of carbonyl (C=O) groups excluding carboxylic acids is 2. The van der Waals surface area contributed by atoms with Crippen LogP contribution in [0.3, 0.4) is 0 Å². The fourth-order valence-electron chi connectivity index (χ4n) is 3.09. The lowest BCUT2D eigenvalue weighted by Crippen LogP contribution is -2.40. The Morgan fingerprint density at radius 3 is 2.28 bits per heavy atom. The molecule has 29 heavy (non-hydrogen) atoms. The Labute approximate surface area is 171 Å². The Morgan fingerprint density at radius 2 is 1.62 bits per heavy atom. The van der Waals surface area contributed by atoms with Gasteiger partial charge >= 0.3 is 0 Å². The van der Waals surface area contributed by atoms with Crippen molar-refractivity contribution in [3.8, 4) is 5.75 Å². The highest BCUT2D eigenvalue weighted by molar-refractivity contribution is 6.04. The third-order valence-corrected chi connectivity index (χ3v) is 4.82. The summed E-state index contributed by atoms with van der Waals surface area (Å²) < 4.78 is 10.9. The predicted molar refractivity (Wildman–Crippen MR) is 113 cm³/mol. The average molecular weight is 396 g/mol. The van der Waals surface area contributed by atoms with Gasteiger partial charge < -0.3 is 19.7 Å². The van der Waals surface area contributed by atoms with Crippen molar-refractivity contribution in [1.82, 2.24) is 4.90 Å². The zero-order chi connectivity index (χ0) is 20.5. The Morgan fingerprint density at radius 1 is 0.966 bits per heavy atom. The summed E-state index contributed by atoms with van der Waals surface area (Å²) in [5.41, 5.74) is 1.81. The number of hydrogen-bond acceptors (Lipinski definition) is 4. The second-order valence-electron chi connectivity index (χ2n) is 7.02. The number of amides is 2. The lowest BCUT2D eigenvalue weighted by atomic mass is 10.1. The number of ether oxygens (including phenoxy) is 2. The molecule has 0 bridgehead atoms. The van der Waals surface area contributed by atoms with E-state index in [1.54, 1.807) is 41.3 Å². The minimum atomic E-state index is -0.199. The van der Waals surface area contributed by atoms with Gasteiger partial charge in [0.2, 0.25) is 0 Å². The second-order valence-corrected chi connectivity index (χ2v) is 7.02. The van der Waals surface area contributed by atoms with Gasteiger partial charge in [-0.25, -0.2) is 0 Å². The first-order valence-corrected chi connectivity index (χ1v) is 10.2. The predicted octanol–water partition coefficient (Wildman–Crippen LogP) is 3.98. The van der Waals surface area contributed by atoms with Crippen LogP contribution < -0.4 is 10.1 Å². The van der Waals surface area contributed by atoms with Crippen molar-refractivity contribution in [2.45, 2.75) is 26.2 Å². The molecule has 6 nitrogen and oxygen atoms in total. The number of unbranched alkanes of at least 4 members (excludes halogenated alkanes) is 2. The largest absolute Gasteiger partial charge is 0.494 e. The van der Waals surface area contributed by atoms with Gasteiger partial charge in [0.25, 0.3) is 11.8 Å². The van der Waals surface area contributed by atoms with Crippen molar-refractivity contribution in [2.24, 2.45) is 0 Å². The van der Waals surface area contributed by atoms with Crippen LogP contribution in [0.5, 0.6) is 5.75 Å². The summed E-state index contributed by atoms with van der Waals surface area (Å²) in [5, 5.41) is 2.86. The molecule has 1 aliphatic heterocycles. The molecule has 6 heteroatoms. The van der Waals surface area contributed by atoms with E-state index in [0.717, 1.165) is 25.0 Å². The molecule has 0 saturated carbocycles. The zero-order valence-corrected chi connectivity index (χ0v) is 16.9. The first-order chi connectivity index (χ1) is 14.2. The minimum absolute atomic E-state index is 0.0132. The summed E-state index contributed by atoms with van der Waals surface area (Å²) in [6.45, 7) is 5.20. The maximum absolute atomic E-state index is 12.5. The van der Waals surface area contributed by atoms with E-state index in [1.807, 2.05) is 12.1 Å². The van der Waals surface area contributed by atoms with E-state index < -0.39 is 0 Å². The molecule has 2 amide bonds. The normalized spacial score (nSPS) is 13.8. The van der Waals surface area contributed by atoms with E-state index in [9.17, 15) is 9.59 Å². The first kappa shape index (κ1) is 20.9. The summed E-state index contributed by atoms with van der Waals surface area (Å²) in [6.07, 6.45) is 3.34. The summed E-state index contributed by atoms with van der Waals surface area (Å²) in [4.78, 5) is 26.7. The average Bonchev–Trinajstić information content (AvgIpc) is 2.78. The lowest BCUT2D eigenvalue weighted by Gasteiger charge is -2.26. The van der Waals surface area contributed by atoms with Crippen LogP contribution in [-0.4, -0.2) is 49.6 Å². The first-order valence-electron chi connectivity index (χ1n) is 10.2. The molecule has 2 aromatic rings. The van der Waals surface area contributed by atoms with Crippen LogP contribution in [0.1, 0.15) is 46.9 Å². The van der Waals surface area contributed by atoms with Gasteiger partial charge in [-0.15, -0.1) is 0 Å². The summed E-state index contributed by atoms with van der Waals surface area (Å²) in [6, 6.07) is 14.1. The molecular weight excluding hydrogens is 368 g/mol. The fraction of sp³-hybridized carbons (Fsp3) is 0.391. The van der Waals surface area contributed by atoms with E-state index in [2.05, 4.69) is 12.2 Å². The second kappa shape index (κ2) is 10.6. The number of nitrogens with zero attached hydrogens (tertiary/aromatic N) is 1. The Kier molecular flexibility index (Phi) is 7.64. The van der Waals surface area contributed by atoms with Gasteiger partial charge in [0.15, 0.2) is 0 Å². The third-order valence-electron chi connectivity index (χ3n) is 4.82. The highest BCUT2D eigenvalue weighted by atomic mass is 16.5. The van der Waals surface area contributed by atoms with Gasteiger partial charge in [-0.05, 0) is 55.0 Å². The van der Waals surface area contributed by atoms with E-state index in [1.165, 1.54) is 0 Å². The molecular formula is C23H28N2O4. The van der Waals surface area contributed by atoms with Crippen molar-refractivity contribution in [1.29, 1.82) is 0 Å². The number of carbonyl (C=O) groups is 2. The van der Waals surface area contributed by atoms with Crippen LogP contribution in [0.25, 0.3) is 0 Å². The van der Waals surface area contributed by atoms with Gasteiger partial charge in [0.05, 0.1) is 19.8 Å². The van der Waals surface area contributed by atoms with E-state index in [-0.39, 0.29) is 11.8 Å². The van der Waals surface area contributed by atoms with Crippen molar-refractivity contribution < 1.29 is 19.1 Å². The summed E-state index contributed by atoms with van der Waals surface area (Å²) in [5.74, 6) is 0.555. The van der Waals surface area contributed by atoms with Crippen molar-refractivity contribution in [2.75, 3.05) is 38.2 Å². The zero-order valence-electron chi connectivity index (χ0n) is 16.9. The molecule has 1 saturated heterocycles. The molecule has 0 aromatic heterocycles. The molecule has 3 rings (SSSR count). The highest BCUT2D eigenvalue weighted by Gasteiger charge is 2.18. The monoisotopic (exact) mass is 396 g/mol. The number of hydrogen-bond donors (Lipinski definition) is 1. The topological polar surface area (TPSA) is 67.9 Å². The molecule has 0 atom stereocenters. The highest BCUT2D eigenvalue weighted by Crippen LogP contribution is 2.16. The van der Waals surface area contributed by atoms with E-state index >= 15 is 0 Å². The van der Waals surface area contributed by atoms with Gasteiger partial charge in [-0.1, -0.05) is 19.8 Å². The van der Waals surface area contributed by atoms with Crippen molar-refractivity contribution in [3.63, 3.8) is 0 Å². The number of benzene rings is 2. The molecule has 0 spiro atoms. The molecule has 0 radical (unpaired) electrons. The fourth-order valence-corrected chi connectivity index (χ4v) is 3.09. The molecule has 1 heterocycles. The standard InChI is InChI=1S/C23H28N2O4/c1-2-3-4-15-29-21-11-7-18(8-12-21)22(26)24-20-9-5-19(6-10-20)23(27)25-13-16-28-17-14-25/h5-12H,2-4,13-17H2,1H3,(H,24,26). The van der Waals surface area contributed by atoms with Crippen LogP contribution in [0, 0.1) is 0 Å². The number of nitrogens with one attached hydrogen (secondary N) is 1. The van der Waals surface area contributed by atoms with Gasteiger partial charge in [-0.3, -0.25) is 9.59 Å². The smallest absolute Gasteiger partial charge is 0.255 e. The van der Waals surface area contributed by atoms with Gasteiger partial charge in [0.1, 0.15) is 5.75 Å². The quantitative estimate of drug-likeness (QED) is 0.686. The number of anilines is 1. The molecule has 1 N–H and O–H groups in total. The molecule has 1 aliphatic rings. The maximum Gasteiger partial charge on any atom is 0.255 e. The number of morpholine rings is 1. The van der Waals surface area contributed by atoms with Gasteiger partial charge in [0, 0.05) is 29.9 Å². The van der Waals surface area contributed by atoms with Crippen molar-refractivity contribution >= 4 is 17.5 Å². The molecule has 2 aromatic carbocycles. The minimum Gasteiger partial charge on any atom is -0.494 e. The molecule has 0 aliphatic carbocycles. The summed E-state index contributed by atoms with van der Waals surface area (Å²) in [7, 11) is 0. The van der Waals surface area contributed by atoms with Crippen LogP contribution in [0.15, 0.2) is 48.5 Å².